The van der Waals surface area contributed by atoms with Gasteiger partial charge in [0.25, 0.3) is 5.91 Å². The van der Waals surface area contributed by atoms with Gasteiger partial charge in [-0.15, -0.1) is 0 Å². The van der Waals surface area contributed by atoms with Gasteiger partial charge in [0, 0.05) is 39.3 Å². The van der Waals surface area contributed by atoms with E-state index < -0.39 is 28.7 Å². The van der Waals surface area contributed by atoms with Gasteiger partial charge in [0.2, 0.25) is 0 Å². The fourth-order valence-electron chi connectivity index (χ4n) is 4.40. The lowest BCUT2D eigenvalue weighted by Gasteiger charge is -2.31. The lowest BCUT2D eigenvalue weighted by Crippen LogP contribution is -2.50. The first-order valence-corrected chi connectivity index (χ1v) is 18.2. The van der Waals surface area contributed by atoms with Crippen LogP contribution in [-0.4, -0.2) is 92.1 Å². The summed E-state index contributed by atoms with van der Waals surface area (Å²) in [5, 5.41) is 37.6. The largest absolute Gasteiger partial charge is 0.478 e. The Kier molecular flexibility index (Phi) is 18.1. The molecular formula is C41H46Cl3NO11. The number of carboxylic acids is 2. The van der Waals surface area contributed by atoms with Gasteiger partial charge < -0.3 is 39.5 Å². The van der Waals surface area contributed by atoms with Gasteiger partial charge in [0.1, 0.15) is 17.2 Å². The summed E-state index contributed by atoms with van der Waals surface area (Å²) >= 11 is 17.2. The number of ketones is 1. The van der Waals surface area contributed by atoms with Crippen LogP contribution >= 0.6 is 34.8 Å². The Hall–Kier alpha value is -4.85. The third-order valence-corrected chi connectivity index (χ3v) is 8.30. The monoisotopic (exact) mass is 833 g/mol. The number of rotatable bonds is 15. The molecule has 4 aromatic carbocycles. The SMILES string of the molecule is CC(C)(Oc1ccc(C(=O)c2ccc(Cl)cc2)cc1)C(=O)N(CCO)CCO.CC(C)(Oc1ccc(Cl)cc1)C(=O)O.CC(C)(Oc1ccc(Cl)cc1)C(=O)O. The number of benzene rings is 4. The zero-order valence-corrected chi connectivity index (χ0v) is 34.1. The van der Waals surface area contributed by atoms with Crippen LogP contribution in [0.5, 0.6) is 17.2 Å². The Labute approximate surface area is 341 Å². The topological polar surface area (TPSA) is 180 Å². The standard InChI is InChI=1S/C21H24ClNO5.2C10H11ClO3/c1-21(2,20(27)23(11-13-24)12-14-25)28-18-9-5-16(6-10-18)19(26)15-3-7-17(22)8-4-15;2*1-10(2,9(12)13)14-8-5-3-7(11)4-6-8/h3-10,24-25H,11-14H2,1-2H3;2*3-6H,1-2H3,(H,12,13). The first-order chi connectivity index (χ1) is 26.1. The Morgan fingerprint density at radius 1 is 0.500 bits per heavy atom. The summed E-state index contributed by atoms with van der Waals surface area (Å²) in [6, 6.07) is 26.3. The average Bonchev–Trinajstić information content (AvgIpc) is 3.13. The number of aliphatic hydroxyl groups is 2. The van der Waals surface area contributed by atoms with Crippen molar-refractivity contribution in [2.75, 3.05) is 26.3 Å². The predicted molar refractivity (Wildman–Crippen MR) is 214 cm³/mol. The number of carboxylic acid groups (broad SMARTS) is 2. The third-order valence-electron chi connectivity index (χ3n) is 7.54. The minimum Gasteiger partial charge on any atom is -0.478 e. The van der Waals surface area contributed by atoms with E-state index in [0.29, 0.717) is 43.4 Å². The van der Waals surface area contributed by atoms with Crippen LogP contribution in [0, 0.1) is 0 Å². The number of nitrogens with zero attached hydrogens (tertiary/aromatic N) is 1. The molecule has 0 unspecified atom stereocenters. The number of ether oxygens (including phenoxy) is 3. The molecule has 0 bridgehead atoms. The lowest BCUT2D eigenvalue weighted by atomic mass is 10.0. The summed E-state index contributed by atoms with van der Waals surface area (Å²) in [4.78, 5) is 48.0. The van der Waals surface area contributed by atoms with E-state index in [4.69, 9.17) is 69.4 Å². The molecule has 302 valence electrons. The molecular weight excluding hydrogens is 789 g/mol. The Bertz CT molecular complexity index is 1800. The summed E-state index contributed by atoms with van der Waals surface area (Å²) in [6.07, 6.45) is 0. The summed E-state index contributed by atoms with van der Waals surface area (Å²) in [5.41, 5.74) is -2.65. The fraction of sp³-hybridized carbons (Fsp3) is 0.317. The first kappa shape index (κ1) is 47.3. The molecule has 4 aromatic rings. The molecule has 15 heteroatoms. The molecule has 0 spiro atoms. The van der Waals surface area contributed by atoms with Crippen LogP contribution in [0.4, 0.5) is 0 Å². The van der Waals surface area contributed by atoms with Crippen LogP contribution in [0.2, 0.25) is 15.1 Å². The van der Waals surface area contributed by atoms with Crippen LogP contribution in [0.1, 0.15) is 57.5 Å². The van der Waals surface area contributed by atoms with Crippen molar-refractivity contribution >= 4 is 58.4 Å². The van der Waals surface area contributed by atoms with Crippen LogP contribution in [0.25, 0.3) is 0 Å². The van der Waals surface area contributed by atoms with E-state index in [-0.39, 0.29) is 38.0 Å². The van der Waals surface area contributed by atoms with Crippen LogP contribution < -0.4 is 14.2 Å². The molecule has 0 atom stereocenters. The minimum absolute atomic E-state index is 0.112. The van der Waals surface area contributed by atoms with Crippen LogP contribution in [-0.2, 0) is 14.4 Å². The van der Waals surface area contributed by atoms with E-state index >= 15 is 0 Å². The number of carbonyl (C=O) groups excluding carboxylic acids is 2. The Morgan fingerprint density at radius 3 is 1.07 bits per heavy atom. The molecule has 1 amide bonds. The zero-order valence-electron chi connectivity index (χ0n) is 31.8. The number of halogens is 3. The van der Waals surface area contributed by atoms with Crippen molar-refractivity contribution in [3.63, 3.8) is 0 Å². The number of carbonyl (C=O) groups is 4. The average molecular weight is 835 g/mol. The molecule has 0 aliphatic rings. The van der Waals surface area contributed by atoms with Gasteiger partial charge in [-0.3, -0.25) is 9.59 Å². The van der Waals surface area contributed by atoms with Crippen molar-refractivity contribution in [3.8, 4) is 17.2 Å². The highest BCUT2D eigenvalue weighted by molar-refractivity contribution is 6.31. The summed E-state index contributed by atoms with van der Waals surface area (Å²) < 4.78 is 16.3. The molecule has 0 radical (unpaired) electrons. The number of hydrogen-bond donors (Lipinski definition) is 4. The van der Waals surface area contributed by atoms with Crippen LogP contribution in [0.3, 0.4) is 0 Å². The summed E-state index contributed by atoms with van der Waals surface area (Å²) in [6.45, 7) is 9.00. The molecule has 0 fully saturated rings. The molecule has 4 N–H and O–H groups in total. The van der Waals surface area contributed by atoms with Gasteiger partial charge in [0.15, 0.2) is 22.6 Å². The third kappa shape index (κ3) is 15.4. The Balaban J connectivity index is 0.000000323. The van der Waals surface area contributed by atoms with E-state index in [1.54, 1.807) is 111 Å². The maximum atomic E-state index is 12.7. The van der Waals surface area contributed by atoms with E-state index in [1.807, 2.05) is 0 Å². The fourth-order valence-corrected chi connectivity index (χ4v) is 4.78. The molecule has 0 aliphatic carbocycles. The summed E-state index contributed by atoms with van der Waals surface area (Å²) in [7, 11) is 0. The molecule has 0 heterocycles. The zero-order chi connectivity index (χ0) is 42.3. The number of hydrogen-bond acceptors (Lipinski definition) is 9. The number of aliphatic carboxylic acids is 2. The molecule has 56 heavy (non-hydrogen) atoms. The minimum atomic E-state index is -1.23. The highest BCUT2D eigenvalue weighted by atomic mass is 35.5. The second kappa shape index (κ2) is 21.5. The van der Waals surface area contributed by atoms with Crippen LogP contribution in [0.15, 0.2) is 97.1 Å². The van der Waals surface area contributed by atoms with Crippen molar-refractivity contribution in [3.05, 3.63) is 123 Å². The number of aliphatic hydroxyl groups excluding tert-OH is 2. The van der Waals surface area contributed by atoms with Crippen molar-refractivity contribution in [1.82, 2.24) is 4.90 Å². The molecule has 4 rings (SSSR count). The van der Waals surface area contributed by atoms with Crippen molar-refractivity contribution in [2.45, 2.75) is 58.3 Å². The highest BCUT2D eigenvalue weighted by Crippen LogP contribution is 2.24. The summed E-state index contributed by atoms with van der Waals surface area (Å²) in [5.74, 6) is -1.10. The molecule has 0 saturated carbocycles. The van der Waals surface area contributed by atoms with Crippen molar-refractivity contribution in [1.29, 1.82) is 0 Å². The van der Waals surface area contributed by atoms with Gasteiger partial charge in [0.05, 0.1) is 13.2 Å². The second-order valence-electron chi connectivity index (χ2n) is 13.5. The van der Waals surface area contributed by atoms with Crippen molar-refractivity contribution in [2.24, 2.45) is 0 Å². The van der Waals surface area contributed by atoms with E-state index in [2.05, 4.69) is 0 Å². The highest BCUT2D eigenvalue weighted by Gasteiger charge is 2.34. The van der Waals surface area contributed by atoms with E-state index in [1.165, 1.54) is 32.6 Å². The quantitative estimate of drug-likeness (QED) is 0.0862. The van der Waals surface area contributed by atoms with Crippen molar-refractivity contribution < 1.29 is 53.8 Å². The molecule has 12 nitrogen and oxygen atoms in total. The maximum absolute atomic E-state index is 12.7. The number of amides is 1. The molecule has 0 aromatic heterocycles. The van der Waals surface area contributed by atoms with Gasteiger partial charge in [-0.1, -0.05) is 34.8 Å². The molecule has 0 saturated heterocycles. The Morgan fingerprint density at radius 2 is 0.768 bits per heavy atom. The smallest absolute Gasteiger partial charge is 0.347 e. The molecule has 0 aliphatic heterocycles. The lowest BCUT2D eigenvalue weighted by molar-refractivity contribution is -0.152. The maximum Gasteiger partial charge on any atom is 0.347 e. The van der Waals surface area contributed by atoms with Gasteiger partial charge in [-0.2, -0.15) is 0 Å². The van der Waals surface area contributed by atoms with Gasteiger partial charge in [-0.05, 0) is 139 Å². The normalized spacial score (nSPS) is 11.1. The van der Waals surface area contributed by atoms with Gasteiger partial charge >= 0.3 is 11.9 Å². The second-order valence-corrected chi connectivity index (χ2v) is 14.8. The first-order valence-electron chi connectivity index (χ1n) is 17.1. The van der Waals surface area contributed by atoms with E-state index in [9.17, 15) is 19.2 Å². The van der Waals surface area contributed by atoms with E-state index in [0.717, 1.165) is 0 Å². The predicted octanol–water partition coefficient (Wildman–Crippen LogP) is 7.71. The van der Waals surface area contributed by atoms with Gasteiger partial charge in [-0.25, -0.2) is 9.59 Å².